The summed E-state index contributed by atoms with van der Waals surface area (Å²) in [4.78, 5) is 40.5. The van der Waals surface area contributed by atoms with Crippen LogP contribution < -0.4 is 5.32 Å². The van der Waals surface area contributed by atoms with Gasteiger partial charge < -0.3 is 15.0 Å². The van der Waals surface area contributed by atoms with Crippen LogP contribution in [0, 0.1) is 0 Å². The molecule has 0 radical (unpaired) electrons. The van der Waals surface area contributed by atoms with Gasteiger partial charge in [-0.3, -0.25) is 9.59 Å². The van der Waals surface area contributed by atoms with Crippen LogP contribution >= 0.6 is 11.3 Å². The lowest BCUT2D eigenvalue weighted by molar-refractivity contribution is -0.147. The van der Waals surface area contributed by atoms with Crippen LogP contribution in [0.25, 0.3) is 0 Å². The molecule has 0 spiro atoms. The van der Waals surface area contributed by atoms with Crippen LogP contribution in [-0.2, 0) is 14.3 Å². The van der Waals surface area contributed by atoms with Crippen LogP contribution in [0.15, 0.2) is 41.8 Å². The predicted octanol–water partition coefficient (Wildman–Crippen LogP) is 2.73. The van der Waals surface area contributed by atoms with Crippen molar-refractivity contribution in [2.24, 2.45) is 0 Å². The first-order chi connectivity index (χ1) is 13.0. The Morgan fingerprint density at radius 2 is 2.00 bits per heavy atom. The third-order valence-corrected chi connectivity index (χ3v) is 5.64. The van der Waals surface area contributed by atoms with E-state index in [2.05, 4.69) is 5.32 Å². The molecule has 2 amide bonds. The van der Waals surface area contributed by atoms with Gasteiger partial charge in [0.1, 0.15) is 6.04 Å². The monoisotopic (exact) mass is 386 g/mol. The lowest BCUT2D eigenvalue weighted by Crippen LogP contribution is -2.48. The number of carbonyl (C=O) groups excluding carboxylic acids is 3. The molecule has 1 aliphatic rings. The van der Waals surface area contributed by atoms with Crippen LogP contribution in [0.4, 0.5) is 0 Å². The molecule has 0 aliphatic carbocycles. The van der Waals surface area contributed by atoms with Crippen molar-refractivity contribution >= 4 is 29.1 Å². The first kappa shape index (κ1) is 19.1. The van der Waals surface area contributed by atoms with Crippen molar-refractivity contribution in [2.75, 3.05) is 13.7 Å². The predicted molar refractivity (Wildman–Crippen MR) is 103 cm³/mol. The highest BCUT2D eigenvalue weighted by Gasteiger charge is 2.43. The zero-order chi connectivity index (χ0) is 19.6. The number of ether oxygens (including phenoxy) is 1. The largest absolute Gasteiger partial charge is 0.464 e. The Bertz CT molecular complexity index is 849. The molecule has 6 nitrogen and oxygen atoms in total. The normalized spacial score (nSPS) is 20.0. The highest BCUT2D eigenvalue weighted by molar-refractivity contribution is 7.10. The van der Waals surface area contributed by atoms with Crippen LogP contribution in [0.2, 0.25) is 0 Å². The second-order valence-corrected chi connectivity index (χ2v) is 7.40. The Morgan fingerprint density at radius 3 is 2.67 bits per heavy atom. The number of fused-ring (bicyclic) bond motifs is 1. The molecule has 2 heterocycles. The number of hydrogen-bond donors (Lipinski definition) is 1. The fourth-order valence-corrected chi connectivity index (χ4v) is 4.31. The van der Waals surface area contributed by atoms with E-state index in [0.29, 0.717) is 11.1 Å². The molecular weight excluding hydrogens is 364 g/mol. The van der Waals surface area contributed by atoms with E-state index in [1.165, 1.54) is 11.3 Å². The Labute approximate surface area is 162 Å². The van der Waals surface area contributed by atoms with E-state index in [0.717, 1.165) is 4.88 Å². The van der Waals surface area contributed by atoms with Gasteiger partial charge in [-0.05, 0) is 36.9 Å². The highest BCUT2D eigenvalue weighted by atomic mass is 32.1. The molecule has 1 aromatic heterocycles. The molecule has 1 aliphatic heterocycles. The van der Waals surface area contributed by atoms with Gasteiger partial charge in [0.25, 0.3) is 5.91 Å². The van der Waals surface area contributed by atoms with Gasteiger partial charge in [0.2, 0.25) is 5.91 Å². The maximum absolute atomic E-state index is 13.2. The molecule has 142 valence electrons. The lowest BCUT2D eigenvalue weighted by Gasteiger charge is -2.39. The average Bonchev–Trinajstić information content (AvgIpc) is 3.18. The van der Waals surface area contributed by atoms with Crippen molar-refractivity contribution in [1.82, 2.24) is 10.2 Å². The summed E-state index contributed by atoms with van der Waals surface area (Å²) in [5, 5.41) is 4.68. The van der Waals surface area contributed by atoms with Crippen molar-refractivity contribution in [3.8, 4) is 0 Å². The molecule has 0 bridgehead atoms. The number of likely N-dealkylation sites (N-methyl/N-ethyl adjacent to an activating group) is 1. The molecule has 27 heavy (non-hydrogen) atoms. The summed E-state index contributed by atoms with van der Waals surface area (Å²) >= 11 is 1.50. The fraction of sp³-hybridized carbons (Fsp3) is 0.350. The molecule has 0 saturated carbocycles. The number of nitrogens with zero attached hydrogens (tertiary/aromatic N) is 1. The number of carbonyl (C=O) groups is 3. The van der Waals surface area contributed by atoms with Gasteiger partial charge in [-0.2, -0.15) is 0 Å². The van der Waals surface area contributed by atoms with Crippen LogP contribution in [-0.4, -0.2) is 42.4 Å². The molecule has 0 saturated heterocycles. The van der Waals surface area contributed by atoms with Gasteiger partial charge >= 0.3 is 5.97 Å². The molecule has 3 rings (SSSR count). The van der Waals surface area contributed by atoms with E-state index >= 15 is 0 Å². The van der Waals surface area contributed by atoms with E-state index in [4.69, 9.17) is 4.74 Å². The summed E-state index contributed by atoms with van der Waals surface area (Å²) < 4.78 is 4.98. The number of hydrogen-bond acceptors (Lipinski definition) is 5. The maximum Gasteiger partial charge on any atom is 0.328 e. The van der Waals surface area contributed by atoms with Gasteiger partial charge in [0.05, 0.1) is 18.6 Å². The number of amides is 2. The van der Waals surface area contributed by atoms with Crippen LogP contribution in [0.5, 0.6) is 0 Å². The van der Waals surface area contributed by atoms with Crippen LogP contribution in [0.3, 0.4) is 0 Å². The average molecular weight is 386 g/mol. The highest BCUT2D eigenvalue weighted by Crippen LogP contribution is 2.43. The molecule has 2 aromatic rings. The van der Waals surface area contributed by atoms with Crippen molar-refractivity contribution < 1.29 is 19.1 Å². The van der Waals surface area contributed by atoms with E-state index < -0.39 is 24.0 Å². The third kappa shape index (κ3) is 3.60. The minimum absolute atomic E-state index is 0.119. The maximum atomic E-state index is 13.2. The van der Waals surface area contributed by atoms with Gasteiger partial charge in [-0.1, -0.05) is 24.3 Å². The van der Waals surface area contributed by atoms with E-state index in [9.17, 15) is 14.4 Å². The summed E-state index contributed by atoms with van der Waals surface area (Å²) in [7, 11) is 1.71. The second-order valence-electron chi connectivity index (χ2n) is 6.42. The number of thiophene rings is 1. The number of nitrogens with one attached hydrogen (secondary N) is 1. The zero-order valence-electron chi connectivity index (χ0n) is 15.5. The third-order valence-electron chi connectivity index (χ3n) is 4.70. The Hall–Kier alpha value is -2.67. The summed E-state index contributed by atoms with van der Waals surface area (Å²) in [5.74, 6) is -1.52. The zero-order valence-corrected chi connectivity index (χ0v) is 16.3. The smallest absolute Gasteiger partial charge is 0.328 e. The molecule has 1 aromatic carbocycles. The SMILES string of the molecule is CCOC(=O)[C@H](C)NC(=O)[C@@H]1c2ccccc2C(=O)N(C)[C@@H]1c1cccs1. The Morgan fingerprint density at radius 1 is 1.26 bits per heavy atom. The molecule has 3 atom stereocenters. The van der Waals surface area contributed by atoms with Gasteiger partial charge in [-0.25, -0.2) is 4.79 Å². The summed E-state index contributed by atoms with van der Waals surface area (Å²) in [6.45, 7) is 3.57. The molecular formula is C20H22N2O4S. The van der Waals surface area contributed by atoms with Gasteiger partial charge in [-0.15, -0.1) is 11.3 Å². The number of esters is 1. The van der Waals surface area contributed by atoms with E-state index in [1.807, 2.05) is 23.6 Å². The van der Waals surface area contributed by atoms with Crippen molar-refractivity contribution in [3.05, 3.63) is 57.8 Å². The standard InChI is InChI=1S/C20H22N2O4S/c1-4-26-20(25)12(2)21-18(23)16-13-8-5-6-9-14(13)19(24)22(3)17(16)15-10-7-11-27-15/h5-12,16-17H,4H2,1-3H3,(H,21,23)/t12-,16+,17+/m0/s1. The number of benzene rings is 1. The van der Waals surface area contributed by atoms with Gasteiger partial charge in [0, 0.05) is 17.5 Å². The summed E-state index contributed by atoms with van der Waals surface area (Å²) in [6, 6.07) is 9.76. The van der Waals surface area contributed by atoms with E-state index in [1.54, 1.807) is 44.0 Å². The van der Waals surface area contributed by atoms with Crippen molar-refractivity contribution in [3.63, 3.8) is 0 Å². The molecule has 0 fully saturated rings. The fourth-order valence-electron chi connectivity index (χ4n) is 3.40. The first-order valence-corrected chi connectivity index (χ1v) is 9.70. The molecule has 7 heteroatoms. The lowest BCUT2D eigenvalue weighted by atomic mass is 9.81. The van der Waals surface area contributed by atoms with Crippen molar-refractivity contribution in [1.29, 1.82) is 0 Å². The summed E-state index contributed by atoms with van der Waals surface area (Å²) in [5.41, 5.74) is 1.18. The Kier molecular flexibility index (Phi) is 5.60. The second kappa shape index (κ2) is 7.92. The van der Waals surface area contributed by atoms with Crippen LogP contribution in [0.1, 0.15) is 46.6 Å². The van der Waals surface area contributed by atoms with Gasteiger partial charge in [0.15, 0.2) is 0 Å². The first-order valence-electron chi connectivity index (χ1n) is 8.82. The minimum atomic E-state index is -0.767. The molecule has 1 N–H and O–H groups in total. The summed E-state index contributed by atoms with van der Waals surface area (Å²) in [6.07, 6.45) is 0. The Balaban J connectivity index is 2.00. The van der Waals surface area contributed by atoms with Crippen molar-refractivity contribution in [2.45, 2.75) is 31.8 Å². The van der Waals surface area contributed by atoms with E-state index in [-0.39, 0.29) is 18.4 Å². The number of rotatable bonds is 5. The quantitative estimate of drug-likeness (QED) is 0.802. The topological polar surface area (TPSA) is 75.7 Å². The molecule has 0 unspecified atom stereocenters. The minimum Gasteiger partial charge on any atom is -0.464 e.